The van der Waals surface area contributed by atoms with Crippen LogP contribution in [0.3, 0.4) is 0 Å². The van der Waals surface area contributed by atoms with Crippen LogP contribution in [0.1, 0.15) is 28.5 Å². The predicted molar refractivity (Wildman–Crippen MR) is 81.6 cm³/mol. The van der Waals surface area contributed by atoms with Crippen LogP contribution < -0.4 is 10.2 Å². The Morgan fingerprint density at radius 3 is 2.86 bits per heavy atom. The van der Waals surface area contributed by atoms with Gasteiger partial charge in [-0.25, -0.2) is 5.43 Å². The van der Waals surface area contributed by atoms with Crippen molar-refractivity contribution in [2.24, 2.45) is 5.10 Å². The van der Waals surface area contributed by atoms with Crippen molar-refractivity contribution in [1.82, 2.24) is 10.4 Å². The first-order valence-corrected chi connectivity index (χ1v) is 6.68. The molecule has 0 radical (unpaired) electrons. The molecule has 5 heteroatoms. The summed E-state index contributed by atoms with van der Waals surface area (Å²) in [5.74, 6) is 0.433. The van der Waals surface area contributed by atoms with E-state index in [-0.39, 0.29) is 5.91 Å². The molecule has 0 aliphatic rings. The number of para-hydroxylation sites is 1. The number of nitrogens with zero attached hydrogens (tertiary/aromatic N) is 2. The molecule has 0 aliphatic heterocycles. The van der Waals surface area contributed by atoms with Crippen LogP contribution in [0.4, 0.5) is 0 Å². The van der Waals surface area contributed by atoms with Crippen LogP contribution in [0.5, 0.6) is 5.75 Å². The van der Waals surface area contributed by atoms with E-state index >= 15 is 0 Å². The molecule has 0 aliphatic carbocycles. The number of nitrogens with one attached hydrogen (secondary N) is 1. The number of hydrogen-bond donors (Lipinski definition) is 1. The van der Waals surface area contributed by atoms with Crippen molar-refractivity contribution in [2.75, 3.05) is 6.61 Å². The second kappa shape index (κ2) is 7.19. The quantitative estimate of drug-likeness (QED) is 0.677. The van der Waals surface area contributed by atoms with Crippen molar-refractivity contribution < 1.29 is 9.53 Å². The molecule has 0 fully saturated rings. The number of hydrazone groups is 1. The van der Waals surface area contributed by atoms with E-state index in [1.807, 2.05) is 38.1 Å². The number of rotatable bonds is 5. The van der Waals surface area contributed by atoms with Crippen LogP contribution in [0.15, 0.2) is 47.7 Å². The number of ether oxygens (including phenoxy) is 1. The monoisotopic (exact) mass is 283 g/mol. The first-order valence-electron chi connectivity index (χ1n) is 6.68. The number of aromatic nitrogens is 1. The molecule has 1 amide bonds. The average molecular weight is 283 g/mol. The smallest absolute Gasteiger partial charge is 0.272 e. The fraction of sp³-hybridized carbons (Fsp3) is 0.188. The van der Waals surface area contributed by atoms with Crippen LogP contribution >= 0.6 is 0 Å². The highest BCUT2D eigenvalue weighted by molar-refractivity contribution is 5.94. The predicted octanol–water partition coefficient (Wildman–Crippen LogP) is 2.55. The first-order chi connectivity index (χ1) is 10.2. The summed E-state index contributed by atoms with van der Waals surface area (Å²) in [6.45, 7) is 4.36. The molecular formula is C16H17N3O2. The molecule has 21 heavy (non-hydrogen) atoms. The third-order valence-electron chi connectivity index (χ3n) is 2.76. The lowest BCUT2D eigenvalue weighted by Crippen LogP contribution is -2.17. The molecule has 1 N–H and O–H groups in total. The zero-order valence-electron chi connectivity index (χ0n) is 12.0. The van der Waals surface area contributed by atoms with E-state index < -0.39 is 0 Å². The standard InChI is InChI=1S/C16H17N3O2/c1-3-21-15-7-5-4-6-13(15)11-18-19-16(20)14-9-8-12(2)17-10-14/h4-11H,3H2,1-2H3,(H,19,20)/b18-11+. The molecule has 0 bridgehead atoms. The van der Waals surface area contributed by atoms with Gasteiger partial charge < -0.3 is 4.74 Å². The molecule has 1 aromatic carbocycles. The Morgan fingerprint density at radius 1 is 1.33 bits per heavy atom. The Labute approximate surface area is 123 Å². The lowest BCUT2D eigenvalue weighted by atomic mass is 10.2. The highest BCUT2D eigenvalue weighted by atomic mass is 16.5. The average Bonchev–Trinajstić information content (AvgIpc) is 2.50. The van der Waals surface area contributed by atoms with Crippen molar-refractivity contribution in [3.8, 4) is 5.75 Å². The Morgan fingerprint density at radius 2 is 2.14 bits per heavy atom. The lowest BCUT2D eigenvalue weighted by molar-refractivity contribution is 0.0954. The summed E-state index contributed by atoms with van der Waals surface area (Å²) in [5, 5.41) is 3.95. The van der Waals surface area contributed by atoms with Gasteiger partial charge in [-0.05, 0) is 38.1 Å². The molecule has 2 rings (SSSR count). The van der Waals surface area contributed by atoms with Gasteiger partial charge in [-0.1, -0.05) is 12.1 Å². The van der Waals surface area contributed by atoms with Crippen molar-refractivity contribution in [1.29, 1.82) is 0 Å². The third kappa shape index (κ3) is 4.14. The summed E-state index contributed by atoms with van der Waals surface area (Å²) in [4.78, 5) is 15.9. The number of amides is 1. The van der Waals surface area contributed by atoms with Gasteiger partial charge in [-0.15, -0.1) is 0 Å². The van der Waals surface area contributed by atoms with Crippen molar-refractivity contribution in [3.05, 3.63) is 59.4 Å². The minimum Gasteiger partial charge on any atom is -0.493 e. The van der Waals surface area contributed by atoms with Crippen LogP contribution in [0.25, 0.3) is 0 Å². The highest BCUT2D eigenvalue weighted by Crippen LogP contribution is 2.15. The van der Waals surface area contributed by atoms with Gasteiger partial charge in [0.2, 0.25) is 0 Å². The molecule has 0 spiro atoms. The first kappa shape index (κ1) is 14.7. The molecule has 1 heterocycles. The van der Waals surface area contributed by atoms with Gasteiger partial charge in [0.05, 0.1) is 18.4 Å². The van der Waals surface area contributed by atoms with E-state index in [9.17, 15) is 4.79 Å². The van der Waals surface area contributed by atoms with Gasteiger partial charge in [-0.2, -0.15) is 5.10 Å². The SMILES string of the molecule is CCOc1ccccc1/C=N/NC(=O)c1ccc(C)nc1. The van der Waals surface area contributed by atoms with E-state index in [1.165, 1.54) is 6.20 Å². The summed E-state index contributed by atoms with van der Waals surface area (Å²) in [6, 6.07) is 11.0. The molecule has 1 aromatic heterocycles. The van der Waals surface area contributed by atoms with Gasteiger partial charge in [-0.3, -0.25) is 9.78 Å². The van der Waals surface area contributed by atoms with E-state index in [1.54, 1.807) is 18.3 Å². The Hall–Kier alpha value is -2.69. The molecule has 0 unspecified atom stereocenters. The molecule has 0 saturated heterocycles. The van der Waals surface area contributed by atoms with E-state index in [2.05, 4.69) is 15.5 Å². The van der Waals surface area contributed by atoms with E-state index in [0.717, 1.165) is 17.0 Å². The van der Waals surface area contributed by atoms with Gasteiger partial charge >= 0.3 is 0 Å². The number of aryl methyl sites for hydroxylation is 1. The van der Waals surface area contributed by atoms with Crippen LogP contribution in [-0.2, 0) is 0 Å². The van der Waals surface area contributed by atoms with Gasteiger partial charge in [0, 0.05) is 17.5 Å². The van der Waals surface area contributed by atoms with Crippen LogP contribution in [-0.4, -0.2) is 23.7 Å². The number of carbonyl (C=O) groups excluding carboxylic acids is 1. The zero-order chi connectivity index (χ0) is 15.1. The summed E-state index contributed by atoms with van der Waals surface area (Å²) in [6.07, 6.45) is 3.08. The van der Waals surface area contributed by atoms with Crippen LogP contribution in [0.2, 0.25) is 0 Å². The zero-order valence-corrected chi connectivity index (χ0v) is 12.0. The Kier molecular flexibility index (Phi) is 5.04. The molecule has 108 valence electrons. The van der Waals surface area contributed by atoms with Gasteiger partial charge in [0.15, 0.2) is 0 Å². The summed E-state index contributed by atoms with van der Waals surface area (Å²) in [7, 11) is 0. The number of benzene rings is 1. The van der Waals surface area contributed by atoms with Gasteiger partial charge in [0.1, 0.15) is 5.75 Å². The maximum absolute atomic E-state index is 11.9. The molecule has 2 aromatic rings. The molecule has 5 nitrogen and oxygen atoms in total. The minimum atomic E-state index is -0.298. The summed E-state index contributed by atoms with van der Waals surface area (Å²) in [5.41, 5.74) is 4.61. The third-order valence-corrected chi connectivity index (χ3v) is 2.76. The fourth-order valence-electron chi connectivity index (χ4n) is 1.70. The molecular weight excluding hydrogens is 266 g/mol. The fourth-order valence-corrected chi connectivity index (χ4v) is 1.70. The summed E-state index contributed by atoms with van der Waals surface area (Å²) < 4.78 is 5.48. The maximum atomic E-state index is 11.9. The summed E-state index contributed by atoms with van der Waals surface area (Å²) >= 11 is 0. The van der Waals surface area contributed by atoms with Crippen molar-refractivity contribution in [2.45, 2.75) is 13.8 Å². The van der Waals surface area contributed by atoms with Crippen molar-refractivity contribution >= 4 is 12.1 Å². The van der Waals surface area contributed by atoms with E-state index in [0.29, 0.717) is 12.2 Å². The normalized spacial score (nSPS) is 10.6. The van der Waals surface area contributed by atoms with Gasteiger partial charge in [0.25, 0.3) is 5.91 Å². The van der Waals surface area contributed by atoms with E-state index in [4.69, 9.17) is 4.74 Å². The Bertz CT molecular complexity index is 636. The minimum absolute atomic E-state index is 0.298. The maximum Gasteiger partial charge on any atom is 0.272 e. The number of pyridine rings is 1. The molecule has 0 saturated carbocycles. The second-order valence-corrected chi connectivity index (χ2v) is 4.36. The number of hydrogen-bond acceptors (Lipinski definition) is 4. The van der Waals surface area contributed by atoms with Crippen LogP contribution in [0, 0.1) is 6.92 Å². The largest absolute Gasteiger partial charge is 0.493 e. The highest BCUT2D eigenvalue weighted by Gasteiger charge is 2.04. The Balaban J connectivity index is 2.02. The molecule has 0 atom stereocenters. The number of carbonyl (C=O) groups is 1. The van der Waals surface area contributed by atoms with Crippen molar-refractivity contribution in [3.63, 3.8) is 0 Å². The lowest BCUT2D eigenvalue weighted by Gasteiger charge is -2.05. The topological polar surface area (TPSA) is 63.6 Å². The second-order valence-electron chi connectivity index (χ2n) is 4.36.